The molecule has 0 bridgehead atoms. The van der Waals surface area contributed by atoms with Gasteiger partial charge in [-0.3, -0.25) is 10.1 Å². The van der Waals surface area contributed by atoms with Crippen molar-refractivity contribution in [3.8, 4) is 6.07 Å². The zero-order valence-corrected chi connectivity index (χ0v) is 17.5. The molecule has 0 saturated carbocycles. The van der Waals surface area contributed by atoms with E-state index in [0.717, 1.165) is 30.1 Å². The number of aromatic nitrogens is 2. The van der Waals surface area contributed by atoms with Crippen molar-refractivity contribution in [3.63, 3.8) is 0 Å². The first-order valence-electron chi connectivity index (χ1n) is 8.69. The number of nitrogens with one attached hydrogen (secondary N) is 1. The Morgan fingerprint density at radius 2 is 1.86 bits per heavy atom. The van der Waals surface area contributed by atoms with Crippen molar-refractivity contribution < 1.29 is 13.2 Å². The van der Waals surface area contributed by atoms with E-state index in [1.165, 1.54) is 13.0 Å². The summed E-state index contributed by atoms with van der Waals surface area (Å²) in [5, 5.41) is 19.0. The summed E-state index contributed by atoms with van der Waals surface area (Å²) in [4.78, 5) is 14.5. The van der Waals surface area contributed by atoms with E-state index < -0.39 is 15.7 Å². The number of rotatable bonds is 8. The third-order valence-corrected chi connectivity index (χ3v) is 6.99. The lowest BCUT2D eigenvalue weighted by Gasteiger charge is -2.20. The molecule has 148 valence electrons. The molecule has 0 aliphatic carbocycles. The highest BCUT2D eigenvalue weighted by atomic mass is 32.2. The SMILES string of the molecule is CCN(CC)c1ccc(/C=C(/C#N)C(=O)Nc2nnc(S(=O)(=O)CC)s2)cc1. The summed E-state index contributed by atoms with van der Waals surface area (Å²) in [6.07, 6.45) is 1.46. The maximum absolute atomic E-state index is 12.3. The second-order valence-electron chi connectivity index (χ2n) is 5.66. The molecule has 1 heterocycles. The van der Waals surface area contributed by atoms with Crippen molar-refractivity contribution >= 4 is 44.0 Å². The minimum atomic E-state index is -3.49. The fraction of sp³-hybridized carbons (Fsp3) is 0.333. The average Bonchev–Trinajstić information content (AvgIpc) is 3.17. The molecule has 1 aromatic carbocycles. The summed E-state index contributed by atoms with van der Waals surface area (Å²) < 4.78 is 23.4. The van der Waals surface area contributed by atoms with Gasteiger partial charge in [-0.25, -0.2) is 8.42 Å². The monoisotopic (exact) mass is 419 g/mol. The first kappa shape index (κ1) is 21.5. The van der Waals surface area contributed by atoms with E-state index in [4.69, 9.17) is 0 Å². The molecule has 28 heavy (non-hydrogen) atoms. The fourth-order valence-electron chi connectivity index (χ4n) is 2.36. The van der Waals surface area contributed by atoms with Gasteiger partial charge in [0.05, 0.1) is 5.75 Å². The van der Waals surface area contributed by atoms with Gasteiger partial charge in [0.2, 0.25) is 19.3 Å². The molecule has 1 aromatic heterocycles. The normalized spacial score (nSPS) is 11.7. The molecule has 0 saturated heterocycles. The lowest BCUT2D eigenvalue weighted by atomic mass is 10.1. The summed E-state index contributed by atoms with van der Waals surface area (Å²) in [5.41, 5.74) is 1.64. The highest BCUT2D eigenvalue weighted by Gasteiger charge is 2.19. The maximum Gasteiger partial charge on any atom is 0.268 e. The van der Waals surface area contributed by atoms with Crippen LogP contribution in [0.1, 0.15) is 26.3 Å². The second-order valence-corrected chi connectivity index (χ2v) is 9.09. The predicted molar refractivity (Wildman–Crippen MR) is 110 cm³/mol. The summed E-state index contributed by atoms with van der Waals surface area (Å²) in [5.74, 6) is -0.783. The topological polar surface area (TPSA) is 116 Å². The van der Waals surface area contributed by atoms with Crippen molar-refractivity contribution in [3.05, 3.63) is 35.4 Å². The number of sulfone groups is 1. The fourth-order valence-corrected chi connectivity index (χ4v) is 4.34. The number of carbonyl (C=O) groups excluding carboxylic acids is 1. The molecule has 10 heteroatoms. The Hall–Kier alpha value is -2.77. The third kappa shape index (κ3) is 5.15. The van der Waals surface area contributed by atoms with E-state index in [2.05, 4.69) is 34.3 Å². The average molecular weight is 420 g/mol. The molecule has 0 radical (unpaired) electrons. The quantitative estimate of drug-likeness (QED) is 0.397. The number of amides is 1. The standard InChI is InChI=1S/C18H21N5O3S2/c1-4-23(5-2)15-9-7-13(8-10-15)11-14(12-19)16(24)20-17-21-22-18(27-17)28(25,26)6-3/h7-11H,4-6H2,1-3H3,(H,20,21,24)/b14-11-. The number of hydrogen-bond donors (Lipinski definition) is 1. The minimum Gasteiger partial charge on any atom is -0.372 e. The second kappa shape index (κ2) is 9.43. The molecule has 8 nitrogen and oxygen atoms in total. The van der Waals surface area contributed by atoms with Gasteiger partial charge in [0.25, 0.3) is 5.91 Å². The Morgan fingerprint density at radius 1 is 1.21 bits per heavy atom. The maximum atomic E-state index is 12.3. The molecule has 2 aromatic rings. The van der Waals surface area contributed by atoms with E-state index in [1.807, 2.05) is 30.3 Å². The molecule has 0 unspecified atom stereocenters. The van der Waals surface area contributed by atoms with Gasteiger partial charge in [0, 0.05) is 18.8 Å². The molecule has 0 fully saturated rings. The molecule has 0 aliphatic heterocycles. The number of hydrogen-bond acceptors (Lipinski definition) is 8. The van der Waals surface area contributed by atoms with Crippen LogP contribution in [0, 0.1) is 11.3 Å². The van der Waals surface area contributed by atoms with Crippen LogP contribution in [0.3, 0.4) is 0 Å². The van der Waals surface area contributed by atoms with E-state index in [9.17, 15) is 18.5 Å². The number of nitrogens with zero attached hydrogens (tertiary/aromatic N) is 4. The van der Waals surface area contributed by atoms with Crippen LogP contribution in [0.4, 0.5) is 10.8 Å². The Balaban J connectivity index is 2.16. The molecular weight excluding hydrogens is 398 g/mol. The zero-order valence-electron chi connectivity index (χ0n) is 15.8. The predicted octanol–water partition coefficient (Wildman–Crippen LogP) is 2.72. The largest absolute Gasteiger partial charge is 0.372 e. The molecule has 2 rings (SSSR count). The highest BCUT2D eigenvalue weighted by Crippen LogP contribution is 2.22. The van der Waals surface area contributed by atoms with Gasteiger partial charge in [-0.2, -0.15) is 5.26 Å². The summed E-state index contributed by atoms with van der Waals surface area (Å²) in [6, 6.07) is 9.37. The molecular formula is C18H21N5O3S2. The van der Waals surface area contributed by atoms with Crippen molar-refractivity contribution in [1.29, 1.82) is 5.26 Å². The number of anilines is 2. The van der Waals surface area contributed by atoms with Crippen LogP contribution in [0.15, 0.2) is 34.2 Å². The molecule has 1 N–H and O–H groups in total. The van der Waals surface area contributed by atoms with E-state index in [-0.39, 0.29) is 20.8 Å². The summed E-state index contributed by atoms with van der Waals surface area (Å²) in [7, 11) is -3.49. The first-order chi connectivity index (χ1) is 13.3. The lowest BCUT2D eigenvalue weighted by molar-refractivity contribution is -0.112. The van der Waals surface area contributed by atoms with Crippen molar-refractivity contribution in [2.45, 2.75) is 25.1 Å². The van der Waals surface area contributed by atoms with Crippen LogP contribution in [-0.4, -0.2) is 43.4 Å². The zero-order chi connectivity index (χ0) is 20.7. The van der Waals surface area contributed by atoms with E-state index in [1.54, 1.807) is 0 Å². The van der Waals surface area contributed by atoms with Crippen LogP contribution in [0.5, 0.6) is 0 Å². The Morgan fingerprint density at radius 3 is 2.39 bits per heavy atom. The van der Waals surface area contributed by atoms with Crippen molar-refractivity contribution in [2.75, 3.05) is 29.1 Å². The Kier molecular flexibility index (Phi) is 7.25. The molecule has 1 amide bonds. The Bertz CT molecular complexity index is 1000. The van der Waals surface area contributed by atoms with Crippen LogP contribution >= 0.6 is 11.3 Å². The van der Waals surface area contributed by atoms with Gasteiger partial charge in [-0.05, 0) is 37.6 Å². The highest BCUT2D eigenvalue weighted by molar-refractivity contribution is 7.93. The van der Waals surface area contributed by atoms with E-state index in [0.29, 0.717) is 5.56 Å². The first-order valence-corrected chi connectivity index (χ1v) is 11.2. The van der Waals surface area contributed by atoms with Gasteiger partial charge in [-0.15, -0.1) is 10.2 Å². The van der Waals surface area contributed by atoms with Crippen LogP contribution in [-0.2, 0) is 14.6 Å². The number of carbonyl (C=O) groups is 1. The summed E-state index contributed by atoms with van der Waals surface area (Å²) >= 11 is 0.753. The van der Waals surface area contributed by atoms with Gasteiger partial charge < -0.3 is 4.90 Å². The van der Waals surface area contributed by atoms with Crippen LogP contribution in [0.2, 0.25) is 0 Å². The molecule has 0 spiro atoms. The van der Waals surface area contributed by atoms with Gasteiger partial charge in [-0.1, -0.05) is 30.4 Å². The van der Waals surface area contributed by atoms with Gasteiger partial charge >= 0.3 is 0 Å². The van der Waals surface area contributed by atoms with Gasteiger partial charge in [0.1, 0.15) is 11.6 Å². The Labute approximate surface area is 168 Å². The lowest BCUT2D eigenvalue weighted by Crippen LogP contribution is -2.21. The van der Waals surface area contributed by atoms with Crippen molar-refractivity contribution in [2.24, 2.45) is 0 Å². The van der Waals surface area contributed by atoms with Crippen LogP contribution < -0.4 is 10.2 Å². The smallest absolute Gasteiger partial charge is 0.268 e. The van der Waals surface area contributed by atoms with Crippen LogP contribution in [0.25, 0.3) is 6.08 Å². The third-order valence-electron chi connectivity index (χ3n) is 3.97. The number of benzene rings is 1. The summed E-state index contributed by atoms with van der Waals surface area (Å²) in [6.45, 7) is 7.40. The molecule has 0 aliphatic rings. The van der Waals surface area contributed by atoms with E-state index >= 15 is 0 Å². The molecule has 0 atom stereocenters. The van der Waals surface area contributed by atoms with Gasteiger partial charge in [0.15, 0.2) is 0 Å². The number of nitriles is 1. The minimum absolute atomic E-state index is 0.0232. The van der Waals surface area contributed by atoms with Crippen molar-refractivity contribution in [1.82, 2.24) is 10.2 Å².